The van der Waals surface area contributed by atoms with Gasteiger partial charge >= 0.3 is 5.97 Å². The largest absolute Gasteiger partial charge is 0.490 e. The van der Waals surface area contributed by atoms with Gasteiger partial charge in [-0.2, -0.15) is 0 Å². The Hall–Kier alpha value is -2.61. The fourth-order valence-corrected chi connectivity index (χ4v) is 2.63. The molecule has 0 aromatic heterocycles. The standard InChI is InChI=1S/C19H19F2NO4S/c1-13(27-12-18(23)22-16-6-2-14(20)3-7-16)19(24)26-11-10-25-17-8-4-15(21)5-9-17/h2-9,13H,10-12H2,1H3,(H,22,23)/t13-/m1/s1. The highest BCUT2D eigenvalue weighted by atomic mass is 32.2. The molecule has 0 bridgehead atoms. The van der Waals surface area contributed by atoms with Crippen LogP contribution in [0.5, 0.6) is 5.75 Å². The molecule has 2 aromatic rings. The number of halogens is 2. The Bertz CT molecular complexity index is 753. The molecule has 0 heterocycles. The zero-order valence-electron chi connectivity index (χ0n) is 14.6. The van der Waals surface area contributed by atoms with Crippen molar-refractivity contribution in [2.45, 2.75) is 12.2 Å². The number of ether oxygens (including phenoxy) is 2. The van der Waals surface area contributed by atoms with Crippen LogP contribution in [0, 0.1) is 11.6 Å². The Balaban J connectivity index is 1.62. The molecule has 1 amide bonds. The van der Waals surface area contributed by atoms with Crippen molar-refractivity contribution in [2.75, 3.05) is 24.3 Å². The first-order valence-corrected chi connectivity index (χ1v) is 9.21. The molecule has 0 fully saturated rings. The predicted molar refractivity (Wildman–Crippen MR) is 99.8 cm³/mol. The van der Waals surface area contributed by atoms with Crippen LogP contribution >= 0.6 is 11.8 Å². The van der Waals surface area contributed by atoms with Gasteiger partial charge in [-0.1, -0.05) is 0 Å². The van der Waals surface area contributed by atoms with Crippen LogP contribution in [-0.2, 0) is 14.3 Å². The predicted octanol–water partition coefficient (Wildman–Crippen LogP) is 3.65. The molecule has 5 nitrogen and oxygen atoms in total. The van der Waals surface area contributed by atoms with Crippen molar-refractivity contribution in [2.24, 2.45) is 0 Å². The lowest BCUT2D eigenvalue weighted by molar-refractivity contribution is -0.143. The van der Waals surface area contributed by atoms with Crippen molar-refractivity contribution in [3.63, 3.8) is 0 Å². The van der Waals surface area contributed by atoms with Crippen LogP contribution < -0.4 is 10.1 Å². The molecule has 8 heteroatoms. The van der Waals surface area contributed by atoms with Crippen LogP contribution in [0.15, 0.2) is 48.5 Å². The van der Waals surface area contributed by atoms with E-state index in [2.05, 4.69) is 5.32 Å². The lowest BCUT2D eigenvalue weighted by atomic mass is 10.3. The van der Waals surface area contributed by atoms with E-state index >= 15 is 0 Å². The third-order valence-electron chi connectivity index (χ3n) is 3.33. The zero-order chi connectivity index (χ0) is 19.6. The number of carbonyl (C=O) groups is 2. The first-order valence-electron chi connectivity index (χ1n) is 8.16. The van der Waals surface area contributed by atoms with Crippen molar-refractivity contribution in [3.05, 3.63) is 60.2 Å². The van der Waals surface area contributed by atoms with Gasteiger partial charge in [0, 0.05) is 5.69 Å². The molecular weight excluding hydrogens is 376 g/mol. The fourth-order valence-electron chi connectivity index (χ4n) is 1.95. The van der Waals surface area contributed by atoms with Crippen LogP contribution in [0.25, 0.3) is 0 Å². The van der Waals surface area contributed by atoms with Gasteiger partial charge in [0.15, 0.2) is 0 Å². The Labute approximate surface area is 160 Å². The maximum Gasteiger partial charge on any atom is 0.318 e. The molecule has 2 aromatic carbocycles. The average molecular weight is 395 g/mol. The molecule has 0 radical (unpaired) electrons. The first kappa shape index (κ1) is 20.7. The number of benzene rings is 2. The highest BCUT2D eigenvalue weighted by Crippen LogP contribution is 2.14. The molecule has 144 valence electrons. The second-order valence-corrected chi connectivity index (χ2v) is 6.81. The summed E-state index contributed by atoms with van der Waals surface area (Å²) < 4.78 is 36.0. The van der Waals surface area contributed by atoms with Gasteiger partial charge in [-0.15, -0.1) is 11.8 Å². The summed E-state index contributed by atoms with van der Waals surface area (Å²) in [6.07, 6.45) is 0. The van der Waals surface area contributed by atoms with Gasteiger partial charge in [-0.25, -0.2) is 8.78 Å². The summed E-state index contributed by atoms with van der Waals surface area (Å²) in [7, 11) is 0. The van der Waals surface area contributed by atoms with Crippen LogP contribution in [0.2, 0.25) is 0 Å². The topological polar surface area (TPSA) is 64.6 Å². The second kappa shape index (κ2) is 10.5. The number of thioether (sulfide) groups is 1. The van der Waals surface area contributed by atoms with Gasteiger partial charge in [-0.3, -0.25) is 9.59 Å². The van der Waals surface area contributed by atoms with Gasteiger partial charge < -0.3 is 14.8 Å². The third-order valence-corrected chi connectivity index (χ3v) is 4.46. The summed E-state index contributed by atoms with van der Waals surface area (Å²) in [5.41, 5.74) is 0.482. The number of nitrogens with one attached hydrogen (secondary N) is 1. The lowest BCUT2D eigenvalue weighted by Gasteiger charge is -2.12. The third kappa shape index (κ3) is 7.65. The van der Waals surface area contributed by atoms with Gasteiger partial charge in [0.25, 0.3) is 0 Å². The quantitative estimate of drug-likeness (QED) is 0.519. The Morgan fingerprint density at radius 1 is 1.00 bits per heavy atom. The normalized spacial score (nSPS) is 11.5. The maximum absolute atomic E-state index is 12.8. The number of hydrogen-bond donors (Lipinski definition) is 1. The van der Waals surface area contributed by atoms with Crippen molar-refractivity contribution in [1.82, 2.24) is 0 Å². The number of hydrogen-bond acceptors (Lipinski definition) is 5. The summed E-state index contributed by atoms with van der Waals surface area (Å²) in [6.45, 7) is 1.82. The van der Waals surface area contributed by atoms with E-state index in [4.69, 9.17) is 9.47 Å². The van der Waals surface area contributed by atoms with Gasteiger partial charge in [0.1, 0.15) is 35.8 Å². The molecule has 0 aliphatic heterocycles. The van der Waals surface area contributed by atoms with E-state index in [9.17, 15) is 18.4 Å². The molecule has 1 N–H and O–H groups in total. The van der Waals surface area contributed by atoms with E-state index in [1.54, 1.807) is 6.92 Å². The number of carbonyl (C=O) groups excluding carboxylic acids is 2. The lowest BCUT2D eigenvalue weighted by Crippen LogP contribution is -2.23. The number of anilines is 1. The van der Waals surface area contributed by atoms with E-state index < -0.39 is 11.2 Å². The molecule has 0 saturated heterocycles. The van der Waals surface area contributed by atoms with Crippen LogP contribution in [0.3, 0.4) is 0 Å². The summed E-state index contributed by atoms with van der Waals surface area (Å²) >= 11 is 1.13. The summed E-state index contributed by atoms with van der Waals surface area (Å²) in [6, 6.07) is 10.9. The van der Waals surface area contributed by atoms with Crippen molar-refractivity contribution < 1.29 is 27.8 Å². The Kier molecular flexibility index (Phi) is 8.06. The summed E-state index contributed by atoms with van der Waals surface area (Å²) in [5.74, 6) is -0.972. The molecule has 0 aliphatic rings. The smallest absolute Gasteiger partial charge is 0.318 e. The van der Waals surface area contributed by atoms with Gasteiger partial charge in [0.05, 0.1) is 5.75 Å². The highest BCUT2D eigenvalue weighted by Gasteiger charge is 2.16. The molecule has 1 atom stereocenters. The Morgan fingerprint density at radius 2 is 1.59 bits per heavy atom. The minimum atomic E-state index is -0.533. The highest BCUT2D eigenvalue weighted by molar-refractivity contribution is 8.01. The Morgan fingerprint density at radius 3 is 2.22 bits per heavy atom. The van der Waals surface area contributed by atoms with Crippen LogP contribution in [-0.4, -0.2) is 36.1 Å². The summed E-state index contributed by atoms with van der Waals surface area (Å²) in [4.78, 5) is 23.7. The molecule has 27 heavy (non-hydrogen) atoms. The molecule has 0 unspecified atom stereocenters. The minimum absolute atomic E-state index is 0.0445. The molecule has 0 saturated carbocycles. The zero-order valence-corrected chi connectivity index (χ0v) is 15.4. The number of amides is 1. The SMILES string of the molecule is C[C@@H](SCC(=O)Nc1ccc(F)cc1)C(=O)OCCOc1ccc(F)cc1. The first-order chi connectivity index (χ1) is 12.9. The molecule has 0 spiro atoms. The summed E-state index contributed by atoms with van der Waals surface area (Å²) in [5, 5.41) is 2.08. The molecular formula is C19H19F2NO4S. The fraction of sp³-hybridized carbons (Fsp3) is 0.263. The van der Waals surface area contributed by atoms with E-state index in [0.717, 1.165) is 11.8 Å². The van der Waals surface area contributed by atoms with Crippen molar-refractivity contribution >= 4 is 29.3 Å². The van der Waals surface area contributed by atoms with Gasteiger partial charge in [-0.05, 0) is 55.5 Å². The van der Waals surface area contributed by atoms with Crippen molar-refractivity contribution in [1.29, 1.82) is 0 Å². The molecule has 2 rings (SSSR count). The van der Waals surface area contributed by atoms with Crippen LogP contribution in [0.1, 0.15) is 6.92 Å². The van der Waals surface area contributed by atoms with E-state index in [0.29, 0.717) is 11.4 Å². The number of rotatable bonds is 9. The number of esters is 1. The average Bonchev–Trinajstić information content (AvgIpc) is 2.66. The molecule has 0 aliphatic carbocycles. The monoisotopic (exact) mass is 395 g/mol. The van der Waals surface area contributed by atoms with E-state index in [1.165, 1.54) is 48.5 Å². The van der Waals surface area contributed by atoms with Gasteiger partial charge in [0.2, 0.25) is 5.91 Å². The van der Waals surface area contributed by atoms with E-state index in [-0.39, 0.29) is 36.5 Å². The maximum atomic E-state index is 12.8. The van der Waals surface area contributed by atoms with Crippen LogP contribution in [0.4, 0.5) is 14.5 Å². The minimum Gasteiger partial charge on any atom is -0.490 e. The van der Waals surface area contributed by atoms with E-state index in [1.807, 2.05) is 0 Å². The second-order valence-electron chi connectivity index (χ2n) is 5.48. The van der Waals surface area contributed by atoms with Crippen molar-refractivity contribution in [3.8, 4) is 5.75 Å².